The maximum Gasteiger partial charge on any atom is 0.272 e. The number of H-pyrrole nitrogens is 2. The van der Waals surface area contributed by atoms with Crippen LogP contribution in [0.15, 0.2) is 92.7 Å². The summed E-state index contributed by atoms with van der Waals surface area (Å²) in [4.78, 5) is 34.9. The second-order valence-corrected chi connectivity index (χ2v) is 9.90. The van der Waals surface area contributed by atoms with E-state index in [9.17, 15) is 18.0 Å². The van der Waals surface area contributed by atoms with Gasteiger partial charge in [-0.1, -0.05) is 43.0 Å². The first-order chi connectivity index (χ1) is 17.3. The van der Waals surface area contributed by atoms with Crippen LogP contribution in [0.3, 0.4) is 0 Å². The number of nitrogens with zero attached hydrogens (tertiary/aromatic N) is 2. The Kier molecular flexibility index (Phi) is 5.65. The van der Waals surface area contributed by atoms with Crippen molar-refractivity contribution >= 4 is 38.7 Å². The molecule has 0 saturated carbocycles. The minimum atomic E-state index is -3.89. The summed E-state index contributed by atoms with van der Waals surface area (Å²) in [5, 5.41) is 0.557. The molecule has 10 heteroatoms. The Labute approximate surface area is 204 Å². The second kappa shape index (κ2) is 8.82. The molecule has 0 aliphatic carbocycles. The highest BCUT2D eigenvalue weighted by molar-refractivity contribution is 7.90. The third kappa shape index (κ3) is 4.03. The predicted molar refractivity (Wildman–Crippen MR) is 136 cm³/mol. The molecule has 5 aromatic rings. The van der Waals surface area contributed by atoms with E-state index in [0.717, 1.165) is 0 Å². The summed E-state index contributed by atoms with van der Waals surface area (Å²) in [6.45, 7) is 5.54. The Morgan fingerprint density at radius 3 is 2.31 bits per heavy atom. The molecule has 5 rings (SSSR count). The van der Waals surface area contributed by atoms with Gasteiger partial charge in [0, 0.05) is 17.1 Å². The van der Waals surface area contributed by atoms with Crippen molar-refractivity contribution in [1.29, 1.82) is 0 Å². The molecule has 0 unspecified atom stereocenters. The normalized spacial score (nSPS) is 12.9. The fourth-order valence-electron chi connectivity index (χ4n) is 3.86. The lowest BCUT2D eigenvalue weighted by atomic mass is 10.1. The van der Waals surface area contributed by atoms with Crippen LogP contribution in [0.1, 0.15) is 23.9 Å². The molecule has 0 aliphatic rings. The number of benzene rings is 2. The molecule has 0 saturated heterocycles. The zero-order chi connectivity index (χ0) is 25.4. The van der Waals surface area contributed by atoms with Crippen LogP contribution in [-0.2, 0) is 10.0 Å². The van der Waals surface area contributed by atoms with Gasteiger partial charge in [0.15, 0.2) is 12.2 Å². The van der Waals surface area contributed by atoms with Crippen molar-refractivity contribution in [3.63, 3.8) is 0 Å². The summed E-state index contributed by atoms with van der Waals surface area (Å²) in [6, 6.07) is 15.0. The quantitative estimate of drug-likeness (QED) is 0.379. The number of oxazole rings is 1. The van der Waals surface area contributed by atoms with E-state index in [0.29, 0.717) is 33.5 Å². The van der Waals surface area contributed by atoms with Gasteiger partial charge in [-0.25, -0.2) is 17.4 Å². The van der Waals surface area contributed by atoms with Crippen LogP contribution in [0.25, 0.3) is 28.6 Å². The van der Waals surface area contributed by atoms with Gasteiger partial charge in [0.05, 0.1) is 10.4 Å². The summed E-state index contributed by atoms with van der Waals surface area (Å²) >= 11 is 0. The molecule has 2 N–H and O–H groups in total. The third-order valence-corrected chi connectivity index (χ3v) is 7.25. The molecule has 3 heterocycles. The van der Waals surface area contributed by atoms with E-state index < -0.39 is 21.1 Å². The number of hydrogen-bond acceptors (Lipinski definition) is 6. The van der Waals surface area contributed by atoms with Gasteiger partial charge >= 0.3 is 0 Å². The van der Waals surface area contributed by atoms with Gasteiger partial charge < -0.3 is 14.4 Å². The van der Waals surface area contributed by atoms with E-state index in [1.807, 2.05) is 0 Å². The summed E-state index contributed by atoms with van der Waals surface area (Å²) in [6.07, 6.45) is 5.50. The topological polar surface area (TPSA) is 131 Å². The maximum atomic E-state index is 13.3. The summed E-state index contributed by atoms with van der Waals surface area (Å²) in [7, 11) is -3.89. The minimum Gasteiger partial charge on any atom is -0.443 e. The highest BCUT2D eigenvalue weighted by atomic mass is 32.2. The van der Waals surface area contributed by atoms with Crippen LogP contribution < -0.4 is 21.8 Å². The molecule has 2 aromatic carbocycles. The van der Waals surface area contributed by atoms with Gasteiger partial charge in [0.1, 0.15) is 16.4 Å². The highest BCUT2D eigenvalue weighted by Gasteiger charge is 2.20. The fraction of sp³-hybridized carbons (Fsp3) is 0.0385. The Hall–Kier alpha value is -4.70. The van der Waals surface area contributed by atoms with Gasteiger partial charge in [0.2, 0.25) is 0 Å². The first kappa shape index (κ1) is 23.1. The number of hydrogen-bond donors (Lipinski definition) is 2. The average molecular weight is 501 g/mol. The number of aromatic amines is 2. The lowest BCUT2D eigenvalue weighted by Gasteiger charge is -2.07. The van der Waals surface area contributed by atoms with E-state index >= 15 is 0 Å². The zero-order valence-corrected chi connectivity index (χ0v) is 19.9. The molecule has 9 nitrogen and oxygen atoms in total. The van der Waals surface area contributed by atoms with Crippen LogP contribution in [-0.4, -0.2) is 27.3 Å². The first-order valence-electron chi connectivity index (χ1n) is 10.8. The smallest absolute Gasteiger partial charge is 0.272 e. The molecule has 0 radical (unpaired) electrons. The number of aromatic nitrogens is 4. The van der Waals surface area contributed by atoms with Crippen molar-refractivity contribution in [2.45, 2.75) is 11.8 Å². The van der Waals surface area contributed by atoms with Gasteiger partial charge in [-0.05, 0) is 42.8 Å². The monoisotopic (exact) mass is 500 g/mol. The maximum absolute atomic E-state index is 13.3. The molecule has 0 spiro atoms. The Morgan fingerprint density at radius 1 is 0.972 bits per heavy atom. The van der Waals surface area contributed by atoms with Crippen molar-refractivity contribution in [2.24, 2.45) is 0 Å². The van der Waals surface area contributed by atoms with Crippen LogP contribution in [0, 0.1) is 0 Å². The van der Waals surface area contributed by atoms with Crippen molar-refractivity contribution in [1.82, 2.24) is 18.9 Å². The van der Waals surface area contributed by atoms with Gasteiger partial charge in [-0.2, -0.15) is 0 Å². The van der Waals surface area contributed by atoms with Gasteiger partial charge in [-0.15, -0.1) is 0 Å². The van der Waals surface area contributed by atoms with Crippen LogP contribution in [0.2, 0.25) is 0 Å². The van der Waals surface area contributed by atoms with Crippen LogP contribution >= 0.6 is 0 Å². The van der Waals surface area contributed by atoms with E-state index in [-0.39, 0.29) is 15.6 Å². The van der Waals surface area contributed by atoms with Crippen molar-refractivity contribution in [3.05, 3.63) is 122 Å². The van der Waals surface area contributed by atoms with E-state index in [4.69, 9.17) is 4.42 Å². The Morgan fingerprint density at radius 2 is 1.61 bits per heavy atom. The molecule has 0 atom stereocenters. The fourth-order valence-corrected chi connectivity index (χ4v) is 5.26. The lowest BCUT2D eigenvalue weighted by Crippen LogP contribution is -2.46. The molecule has 0 aliphatic heterocycles. The number of allylic oxidation sites excluding steroid dienone is 1. The van der Waals surface area contributed by atoms with E-state index in [2.05, 4.69) is 21.5 Å². The molecule has 36 heavy (non-hydrogen) atoms. The van der Waals surface area contributed by atoms with Crippen molar-refractivity contribution in [3.8, 4) is 0 Å². The van der Waals surface area contributed by atoms with E-state index in [1.54, 1.807) is 49.4 Å². The second-order valence-electron chi connectivity index (χ2n) is 8.09. The summed E-state index contributed by atoms with van der Waals surface area (Å²) < 4.78 is 33.0. The number of nitrogens with one attached hydrogen (secondary N) is 2. The average Bonchev–Trinajstić information content (AvgIpc) is 3.48. The Bertz CT molecular complexity index is 1980. The van der Waals surface area contributed by atoms with E-state index in [1.165, 1.54) is 40.8 Å². The minimum absolute atomic E-state index is 0.0115. The summed E-state index contributed by atoms with van der Waals surface area (Å²) in [5.41, 5.74) is 0.735. The van der Waals surface area contributed by atoms with Crippen molar-refractivity contribution < 1.29 is 12.8 Å². The third-order valence-electron chi connectivity index (χ3n) is 5.56. The molecule has 180 valence electrons. The molecule has 0 fully saturated rings. The standard InChI is InChI=1S/C26H20N4O5S/c1-16(2)24-20(27-15-35-24)13-22-26(32)28-21(25(31)29-22)12-17-14-30(23-11-7-6-10-19(17)23)36(33,34)18-8-4-3-5-9-18/h3-15H,1H2,2H3,(H,28,32)(H,29,31)/b21-12-,22-13-. The number of para-hydroxylation sites is 1. The lowest BCUT2D eigenvalue weighted by molar-refractivity contribution is 0.544. The summed E-state index contributed by atoms with van der Waals surface area (Å²) in [5.74, 6) is 0.401. The van der Waals surface area contributed by atoms with Crippen LogP contribution in [0.4, 0.5) is 0 Å². The number of rotatable bonds is 5. The largest absolute Gasteiger partial charge is 0.443 e. The number of fused-ring (bicyclic) bond motifs is 1. The predicted octanol–water partition coefficient (Wildman–Crippen LogP) is 1.93. The molecule has 0 bridgehead atoms. The Balaban J connectivity index is 1.68. The molecule has 0 amide bonds. The van der Waals surface area contributed by atoms with Gasteiger partial charge in [-0.3, -0.25) is 9.59 Å². The highest BCUT2D eigenvalue weighted by Crippen LogP contribution is 2.26. The van der Waals surface area contributed by atoms with Gasteiger partial charge in [0.25, 0.3) is 21.1 Å². The zero-order valence-electron chi connectivity index (χ0n) is 19.1. The molecule has 3 aromatic heterocycles. The molecular weight excluding hydrogens is 480 g/mol. The van der Waals surface area contributed by atoms with Crippen molar-refractivity contribution in [2.75, 3.05) is 0 Å². The SMILES string of the molecule is C=C(C)c1ocnc1/C=c1\[nH]c(=O)/c(=C/c2cn(S(=O)(=O)c3ccccc3)c3ccccc23)[nH]c1=O. The van der Waals surface area contributed by atoms with Crippen LogP contribution in [0.5, 0.6) is 0 Å². The molecular formula is C26H20N4O5S. The first-order valence-corrected chi connectivity index (χ1v) is 12.3.